The molecule has 0 saturated heterocycles. The van der Waals surface area contributed by atoms with E-state index in [1.54, 1.807) is 0 Å². The first-order valence-electron chi connectivity index (χ1n) is 10.2. The van der Waals surface area contributed by atoms with Crippen molar-refractivity contribution in [2.75, 3.05) is 0 Å². The topological polar surface area (TPSA) is 12.9 Å². The summed E-state index contributed by atoms with van der Waals surface area (Å²) in [6.07, 6.45) is 6.08. The predicted octanol–water partition coefficient (Wildman–Crippen LogP) is 4.27. The summed E-state index contributed by atoms with van der Waals surface area (Å²) in [4.78, 5) is 4.70. The summed E-state index contributed by atoms with van der Waals surface area (Å²) in [5, 5.41) is 0.220. The minimum Gasteiger partial charge on any atom is -0.256 e. The first-order valence-corrected chi connectivity index (χ1v) is 10.2. The Kier molecular flexibility index (Phi) is 4.95. The second-order valence-electron chi connectivity index (χ2n) is 8.72. The van der Waals surface area contributed by atoms with Crippen molar-refractivity contribution >= 4 is 15.7 Å². The van der Waals surface area contributed by atoms with E-state index in [4.69, 9.17) is 4.98 Å². The predicted molar refractivity (Wildman–Crippen MR) is 120 cm³/mol. The fourth-order valence-electron chi connectivity index (χ4n) is 4.54. The van der Waals surface area contributed by atoms with Crippen LogP contribution in [-0.2, 0) is 5.21 Å². The lowest BCUT2D eigenvalue weighted by atomic mass is 9.45. The summed E-state index contributed by atoms with van der Waals surface area (Å²) < 4.78 is 0. The van der Waals surface area contributed by atoms with Crippen LogP contribution in [0.15, 0.2) is 72.9 Å². The monoisotopic (exact) mass is 351 g/mol. The summed E-state index contributed by atoms with van der Waals surface area (Å²) in [6, 6.07) is 23.8. The maximum absolute atomic E-state index is 4.70. The molecule has 2 unspecified atom stereocenters. The number of hydrogen-bond donors (Lipinski definition) is 0. The van der Waals surface area contributed by atoms with Crippen LogP contribution in [0.4, 0.5) is 0 Å². The molecule has 0 spiro atoms. The number of aromatic nitrogens is 1. The van der Waals surface area contributed by atoms with E-state index in [0.29, 0.717) is 0 Å². The van der Waals surface area contributed by atoms with Gasteiger partial charge in [-0.2, -0.15) is 0 Å². The van der Waals surface area contributed by atoms with Gasteiger partial charge >= 0.3 is 0 Å². The largest absolute Gasteiger partial charge is 0.256 e. The molecule has 0 amide bonds. The molecular weight excluding hydrogens is 324 g/mol. The molecule has 1 fully saturated rings. The maximum atomic E-state index is 4.70. The van der Waals surface area contributed by atoms with Crippen molar-refractivity contribution in [3.63, 3.8) is 0 Å². The standard InChI is InChI=1S/C24H27B2N/c1-17-10-12-22(14-17)24(25,26)21-9-5-8-19(15-21)20-11-13-23(27-16-20)18-6-3-2-4-7-18/h2-9,11,13,15-17,22H,10,12,14,25-26H2,1H3. The molecule has 27 heavy (non-hydrogen) atoms. The SMILES string of the molecule is BC(B)(c1cccc(-c2ccc(-c3ccccc3)nc2)c1)C1CCC(C)C1. The Hall–Kier alpha value is -2.28. The van der Waals surface area contributed by atoms with Crippen molar-refractivity contribution in [2.24, 2.45) is 11.8 Å². The van der Waals surface area contributed by atoms with E-state index in [1.165, 1.54) is 36.0 Å². The molecule has 0 N–H and O–H groups in total. The molecule has 1 aliphatic rings. The molecule has 2 atom stereocenters. The zero-order valence-electron chi connectivity index (χ0n) is 16.7. The van der Waals surface area contributed by atoms with Crippen LogP contribution >= 0.6 is 0 Å². The van der Waals surface area contributed by atoms with Gasteiger partial charge < -0.3 is 0 Å². The molecule has 134 valence electrons. The quantitative estimate of drug-likeness (QED) is 0.640. The Morgan fingerprint density at radius 3 is 2.30 bits per heavy atom. The normalized spacial score (nSPS) is 19.9. The van der Waals surface area contributed by atoms with E-state index in [9.17, 15) is 0 Å². The second kappa shape index (κ2) is 7.38. The summed E-state index contributed by atoms with van der Waals surface area (Å²) in [5.74, 6) is 1.65. The molecule has 2 aromatic carbocycles. The first kappa shape index (κ1) is 18.1. The molecule has 1 heterocycles. The van der Waals surface area contributed by atoms with Gasteiger partial charge in [0, 0.05) is 17.3 Å². The molecule has 0 bridgehead atoms. The zero-order valence-corrected chi connectivity index (χ0v) is 16.7. The molecule has 0 aliphatic heterocycles. The highest BCUT2D eigenvalue weighted by atomic mass is 14.7. The number of benzene rings is 2. The van der Waals surface area contributed by atoms with Crippen LogP contribution in [0.5, 0.6) is 0 Å². The van der Waals surface area contributed by atoms with Gasteiger partial charge in [0.25, 0.3) is 0 Å². The van der Waals surface area contributed by atoms with Crippen LogP contribution in [0.2, 0.25) is 0 Å². The Labute approximate surface area is 165 Å². The Morgan fingerprint density at radius 2 is 1.63 bits per heavy atom. The van der Waals surface area contributed by atoms with Crippen molar-refractivity contribution in [1.29, 1.82) is 0 Å². The third-order valence-corrected chi connectivity index (χ3v) is 6.49. The molecule has 1 aromatic heterocycles. The van der Waals surface area contributed by atoms with Crippen molar-refractivity contribution in [1.82, 2.24) is 4.98 Å². The van der Waals surface area contributed by atoms with E-state index in [1.807, 2.05) is 12.3 Å². The smallest absolute Gasteiger partial charge is 0.105 e. The van der Waals surface area contributed by atoms with Crippen LogP contribution in [0, 0.1) is 11.8 Å². The minimum atomic E-state index is 0.220. The third kappa shape index (κ3) is 3.74. The molecule has 0 radical (unpaired) electrons. The number of hydrogen-bond acceptors (Lipinski definition) is 1. The lowest BCUT2D eigenvalue weighted by Crippen LogP contribution is -2.35. The molecule has 3 aromatic rings. The number of pyridine rings is 1. The fourth-order valence-corrected chi connectivity index (χ4v) is 4.54. The van der Waals surface area contributed by atoms with E-state index in [0.717, 1.165) is 23.1 Å². The molecular formula is C24H27B2N. The average Bonchev–Trinajstić information content (AvgIpc) is 3.16. The first-order chi connectivity index (χ1) is 13.0. The summed E-state index contributed by atoms with van der Waals surface area (Å²) in [5.41, 5.74) is 6.09. The van der Waals surface area contributed by atoms with Gasteiger partial charge in [-0.15, -0.1) is 0 Å². The van der Waals surface area contributed by atoms with Crippen molar-refractivity contribution in [3.8, 4) is 22.4 Å². The van der Waals surface area contributed by atoms with Gasteiger partial charge in [-0.3, -0.25) is 4.98 Å². The number of nitrogens with zero attached hydrogens (tertiary/aromatic N) is 1. The summed E-state index contributed by atoms with van der Waals surface area (Å²) in [6.45, 7) is 2.40. The van der Waals surface area contributed by atoms with Crippen LogP contribution < -0.4 is 0 Å². The second-order valence-corrected chi connectivity index (χ2v) is 8.72. The van der Waals surface area contributed by atoms with Gasteiger partial charge in [0.1, 0.15) is 15.7 Å². The van der Waals surface area contributed by atoms with Gasteiger partial charge in [-0.1, -0.05) is 91.2 Å². The fraction of sp³-hybridized carbons (Fsp3) is 0.292. The third-order valence-electron chi connectivity index (χ3n) is 6.49. The number of rotatable bonds is 4. The van der Waals surface area contributed by atoms with Crippen molar-refractivity contribution in [2.45, 2.75) is 31.4 Å². The van der Waals surface area contributed by atoms with E-state index in [2.05, 4.69) is 83.3 Å². The van der Waals surface area contributed by atoms with E-state index < -0.39 is 0 Å². The van der Waals surface area contributed by atoms with Gasteiger partial charge in [0.15, 0.2) is 0 Å². The van der Waals surface area contributed by atoms with Crippen molar-refractivity contribution < 1.29 is 0 Å². The molecule has 3 heteroatoms. The van der Waals surface area contributed by atoms with Crippen LogP contribution in [0.1, 0.15) is 31.7 Å². The van der Waals surface area contributed by atoms with E-state index >= 15 is 0 Å². The highest BCUT2D eigenvalue weighted by Gasteiger charge is 2.35. The Bertz CT molecular complexity index is 903. The van der Waals surface area contributed by atoms with Gasteiger partial charge in [0.05, 0.1) is 5.69 Å². The molecule has 1 saturated carbocycles. The Balaban J connectivity index is 1.61. The molecule has 1 nitrogen and oxygen atoms in total. The highest BCUT2D eigenvalue weighted by Crippen LogP contribution is 2.41. The summed E-state index contributed by atoms with van der Waals surface area (Å²) in [7, 11) is 4.84. The lowest BCUT2D eigenvalue weighted by Gasteiger charge is -2.33. The van der Waals surface area contributed by atoms with Gasteiger partial charge in [0.2, 0.25) is 0 Å². The highest BCUT2D eigenvalue weighted by molar-refractivity contribution is 6.40. The Morgan fingerprint density at radius 1 is 0.852 bits per heavy atom. The zero-order chi connectivity index (χ0) is 18.9. The lowest BCUT2D eigenvalue weighted by molar-refractivity contribution is 0.465. The van der Waals surface area contributed by atoms with Gasteiger partial charge in [-0.05, 0) is 29.9 Å². The summed E-state index contributed by atoms with van der Waals surface area (Å²) >= 11 is 0. The molecule has 1 aliphatic carbocycles. The maximum Gasteiger partial charge on any atom is 0.105 e. The minimum absolute atomic E-state index is 0.220. The average molecular weight is 351 g/mol. The van der Waals surface area contributed by atoms with Gasteiger partial charge in [-0.25, -0.2) is 0 Å². The van der Waals surface area contributed by atoms with Crippen molar-refractivity contribution in [3.05, 3.63) is 78.5 Å². The van der Waals surface area contributed by atoms with Crippen LogP contribution in [0.25, 0.3) is 22.4 Å². The molecule has 4 rings (SSSR count). The van der Waals surface area contributed by atoms with Crippen LogP contribution in [-0.4, -0.2) is 20.7 Å². The van der Waals surface area contributed by atoms with E-state index in [-0.39, 0.29) is 5.21 Å². The van der Waals surface area contributed by atoms with Crippen LogP contribution in [0.3, 0.4) is 0 Å².